The van der Waals surface area contributed by atoms with Crippen LogP contribution in [0.5, 0.6) is 5.75 Å². The van der Waals surface area contributed by atoms with Gasteiger partial charge in [0.1, 0.15) is 11.6 Å². The fourth-order valence-electron chi connectivity index (χ4n) is 3.84. The van der Waals surface area contributed by atoms with E-state index >= 15 is 0 Å². The van der Waals surface area contributed by atoms with Gasteiger partial charge in [0.2, 0.25) is 5.91 Å². The van der Waals surface area contributed by atoms with Crippen LogP contribution in [0.25, 0.3) is 0 Å². The number of carbonyl (C=O) groups is 2. The molecule has 2 aliphatic rings. The van der Waals surface area contributed by atoms with E-state index in [0.29, 0.717) is 24.3 Å². The lowest BCUT2D eigenvalue weighted by Gasteiger charge is -2.17. The number of aromatic nitrogens is 1. The molecule has 8 heteroatoms. The quantitative estimate of drug-likeness (QED) is 0.514. The number of fused-ring (bicyclic) bond motifs is 2. The zero-order chi connectivity index (χ0) is 21.6. The number of aliphatic carboxylic acids is 1. The summed E-state index contributed by atoms with van der Waals surface area (Å²) in [5, 5.41) is 15.7. The van der Waals surface area contributed by atoms with Gasteiger partial charge >= 0.3 is 5.97 Å². The molecule has 0 fully saturated rings. The van der Waals surface area contributed by atoms with Crippen LogP contribution in [-0.2, 0) is 28.2 Å². The van der Waals surface area contributed by atoms with Crippen molar-refractivity contribution in [1.29, 1.82) is 0 Å². The molecule has 3 N–H and O–H groups in total. The third-order valence-electron chi connectivity index (χ3n) is 5.60. The van der Waals surface area contributed by atoms with Crippen molar-refractivity contribution in [3.8, 4) is 5.75 Å². The monoisotopic (exact) mass is 441 g/mol. The van der Waals surface area contributed by atoms with E-state index in [1.807, 2.05) is 12.1 Å². The Bertz CT molecular complexity index is 966. The van der Waals surface area contributed by atoms with Crippen molar-refractivity contribution in [2.24, 2.45) is 0 Å². The Labute approximate surface area is 186 Å². The van der Waals surface area contributed by atoms with E-state index in [1.54, 1.807) is 17.8 Å². The number of carboxylic acid groups (broad SMARTS) is 1. The predicted octanol–water partition coefficient (Wildman–Crippen LogP) is 2.98. The normalized spacial score (nSPS) is 15.2. The number of rotatable bonds is 9. The summed E-state index contributed by atoms with van der Waals surface area (Å²) in [4.78, 5) is 28.6. The lowest BCUT2D eigenvalue weighted by atomic mass is 9.97. The van der Waals surface area contributed by atoms with Crippen molar-refractivity contribution in [2.75, 3.05) is 30.8 Å². The standard InChI is InChI=1S/C23H27N3O4S/c27-21(8-11-31-14-18-6-5-16-2-1-9-24-22(16)26-18)25-13-19(23(28)29)17-4-3-15-7-10-30-20(15)12-17/h3-6,12,19H,1-2,7-11,13-14H2,(H,24,26)(H,25,27)(H,28,29)/t19-/m1/s1. The number of aryl methyl sites for hydroxylation is 1. The molecule has 0 radical (unpaired) electrons. The fourth-order valence-corrected chi connectivity index (χ4v) is 4.69. The summed E-state index contributed by atoms with van der Waals surface area (Å²) in [6.07, 6.45) is 3.40. The molecule has 0 saturated carbocycles. The number of nitrogens with one attached hydrogen (secondary N) is 2. The van der Waals surface area contributed by atoms with Gasteiger partial charge in [0.15, 0.2) is 0 Å². The van der Waals surface area contributed by atoms with Crippen LogP contribution in [0.15, 0.2) is 30.3 Å². The van der Waals surface area contributed by atoms with E-state index in [-0.39, 0.29) is 12.5 Å². The van der Waals surface area contributed by atoms with Crippen molar-refractivity contribution in [1.82, 2.24) is 10.3 Å². The van der Waals surface area contributed by atoms with E-state index < -0.39 is 11.9 Å². The summed E-state index contributed by atoms with van der Waals surface area (Å²) in [7, 11) is 0. The van der Waals surface area contributed by atoms with E-state index in [9.17, 15) is 14.7 Å². The van der Waals surface area contributed by atoms with Crippen molar-refractivity contribution in [3.63, 3.8) is 0 Å². The van der Waals surface area contributed by atoms with Gasteiger partial charge in [-0.05, 0) is 41.7 Å². The summed E-state index contributed by atoms with van der Waals surface area (Å²) in [6, 6.07) is 9.69. The molecule has 0 bridgehead atoms. The molecular formula is C23H27N3O4S. The molecule has 4 rings (SSSR count). The molecule has 1 amide bonds. The van der Waals surface area contributed by atoms with Crippen LogP contribution < -0.4 is 15.4 Å². The molecule has 164 valence electrons. The third kappa shape index (κ3) is 5.50. The molecule has 1 atom stereocenters. The largest absolute Gasteiger partial charge is 0.493 e. The van der Waals surface area contributed by atoms with Gasteiger partial charge in [-0.3, -0.25) is 9.59 Å². The van der Waals surface area contributed by atoms with Gasteiger partial charge in [0.05, 0.1) is 18.2 Å². The average Bonchev–Trinajstić information content (AvgIpc) is 3.24. The van der Waals surface area contributed by atoms with Crippen molar-refractivity contribution in [3.05, 3.63) is 52.7 Å². The molecular weight excluding hydrogens is 414 g/mol. The van der Waals surface area contributed by atoms with Gasteiger partial charge in [0.25, 0.3) is 0 Å². The minimum absolute atomic E-state index is 0.0651. The summed E-state index contributed by atoms with van der Waals surface area (Å²) in [5.41, 5.74) is 4.01. The van der Waals surface area contributed by atoms with Crippen molar-refractivity contribution < 1.29 is 19.4 Å². The van der Waals surface area contributed by atoms with Gasteiger partial charge in [-0.2, -0.15) is 11.8 Å². The Kier molecular flexibility index (Phi) is 6.96. The summed E-state index contributed by atoms with van der Waals surface area (Å²) >= 11 is 1.65. The minimum Gasteiger partial charge on any atom is -0.493 e. The van der Waals surface area contributed by atoms with E-state index in [0.717, 1.165) is 54.4 Å². The van der Waals surface area contributed by atoms with E-state index in [4.69, 9.17) is 4.74 Å². The first kappa shape index (κ1) is 21.5. The molecule has 0 spiro atoms. The van der Waals surface area contributed by atoms with Crippen LogP contribution in [0.2, 0.25) is 0 Å². The number of thioether (sulfide) groups is 1. The molecule has 1 aromatic heterocycles. The highest BCUT2D eigenvalue weighted by Gasteiger charge is 2.23. The first-order valence-electron chi connectivity index (χ1n) is 10.7. The predicted molar refractivity (Wildman–Crippen MR) is 121 cm³/mol. The smallest absolute Gasteiger partial charge is 0.312 e. The highest BCUT2D eigenvalue weighted by Crippen LogP contribution is 2.29. The summed E-state index contributed by atoms with van der Waals surface area (Å²) in [5.74, 6) is 1.24. The van der Waals surface area contributed by atoms with Gasteiger partial charge < -0.3 is 20.5 Å². The Hall–Kier alpha value is -2.74. The second kappa shape index (κ2) is 10.0. The SMILES string of the molecule is O=C(CCSCc1ccc2c(n1)NCCC2)NC[C@@H](C(=O)O)c1ccc2c(c1)OCC2. The number of benzene rings is 1. The molecule has 3 heterocycles. The maximum absolute atomic E-state index is 12.2. The molecule has 2 aliphatic heterocycles. The Balaban J connectivity index is 1.21. The van der Waals surface area contributed by atoms with Gasteiger partial charge in [-0.25, -0.2) is 4.98 Å². The lowest BCUT2D eigenvalue weighted by Crippen LogP contribution is -2.31. The molecule has 0 saturated heterocycles. The Morgan fingerprint density at radius 1 is 1.23 bits per heavy atom. The van der Waals surface area contributed by atoms with Crippen molar-refractivity contribution >= 4 is 29.5 Å². The molecule has 1 aromatic carbocycles. The number of carbonyl (C=O) groups excluding carboxylic acids is 1. The highest BCUT2D eigenvalue weighted by atomic mass is 32.2. The Morgan fingerprint density at radius 2 is 2.10 bits per heavy atom. The molecule has 2 aromatic rings. The van der Waals surface area contributed by atoms with Gasteiger partial charge in [0, 0.05) is 37.4 Å². The van der Waals surface area contributed by atoms with Crippen molar-refractivity contribution in [2.45, 2.75) is 37.4 Å². The number of amides is 1. The molecule has 7 nitrogen and oxygen atoms in total. The first-order valence-corrected chi connectivity index (χ1v) is 11.8. The van der Waals surface area contributed by atoms with Gasteiger partial charge in [-0.15, -0.1) is 0 Å². The number of carboxylic acids is 1. The van der Waals surface area contributed by atoms with E-state index in [1.165, 1.54) is 5.56 Å². The lowest BCUT2D eigenvalue weighted by molar-refractivity contribution is -0.138. The second-order valence-corrected chi connectivity index (χ2v) is 8.91. The molecule has 0 unspecified atom stereocenters. The number of nitrogens with zero attached hydrogens (tertiary/aromatic N) is 1. The first-order chi connectivity index (χ1) is 15.1. The van der Waals surface area contributed by atoms with E-state index in [2.05, 4.69) is 27.8 Å². The average molecular weight is 442 g/mol. The zero-order valence-corrected chi connectivity index (χ0v) is 18.2. The maximum atomic E-state index is 12.2. The molecule has 0 aliphatic carbocycles. The highest BCUT2D eigenvalue weighted by molar-refractivity contribution is 7.98. The summed E-state index contributed by atoms with van der Waals surface area (Å²) in [6.45, 7) is 1.66. The number of hydrogen-bond donors (Lipinski definition) is 3. The minimum atomic E-state index is -0.959. The fraction of sp³-hybridized carbons (Fsp3) is 0.435. The van der Waals surface area contributed by atoms with Crippen LogP contribution in [0.1, 0.15) is 41.1 Å². The van der Waals surface area contributed by atoms with Crippen LogP contribution in [-0.4, -0.2) is 47.4 Å². The number of pyridine rings is 1. The topological polar surface area (TPSA) is 101 Å². The number of ether oxygens (including phenoxy) is 1. The summed E-state index contributed by atoms with van der Waals surface area (Å²) < 4.78 is 5.54. The molecule has 31 heavy (non-hydrogen) atoms. The maximum Gasteiger partial charge on any atom is 0.312 e. The Morgan fingerprint density at radius 3 is 2.97 bits per heavy atom. The van der Waals surface area contributed by atoms with Crippen LogP contribution in [0.3, 0.4) is 0 Å². The number of hydrogen-bond acceptors (Lipinski definition) is 6. The van der Waals surface area contributed by atoms with Crippen LogP contribution >= 0.6 is 11.8 Å². The second-order valence-electron chi connectivity index (χ2n) is 7.80. The van der Waals surface area contributed by atoms with Crippen LogP contribution in [0.4, 0.5) is 5.82 Å². The van der Waals surface area contributed by atoms with Gasteiger partial charge in [-0.1, -0.05) is 18.2 Å². The number of anilines is 1. The van der Waals surface area contributed by atoms with Crippen LogP contribution in [0, 0.1) is 0 Å². The third-order valence-corrected chi connectivity index (χ3v) is 6.59. The zero-order valence-electron chi connectivity index (χ0n) is 17.4.